The lowest BCUT2D eigenvalue weighted by molar-refractivity contribution is -0.116. The number of halogens is 1. The fourth-order valence-electron chi connectivity index (χ4n) is 3.58. The third kappa shape index (κ3) is 5.40. The summed E-state index contributed by atoms with van der Waals surface area (Å²) in [6.45, 7) is 8.09. The number of carbonyl (C=O) groups excluding carboxylic acids is 1. The Kier molecular flexibility index (Phi) is 7.23. The van der Waals surface area contributed by atoms with Crippen LogP contribution >= 0.6 is 0 Å². The summed E-state index contributed by atoms with van der Waals surface area (Å²) in [5, 5.41) is 3.58. The van der Waals surface area contributed by atoms with Crippen LogP contribution in [0, 0.1) is 12.7 Å². The molecule has 0 bridgehead atoms. The monoisotopic (exact) mass is 422 g/mol. The van der Waals surface area contributed by atoms with Crippen molar-refractivity contribution in [3.8, 4) is 0 Å². The number of amides is 1. The molecule has 0 atom stereocenters. The van der Waals surface area contributed by atoms with E-state index in [1.54, 1.807) is 12.1 Å². The Morgan fingerprint density at radius 3 is 2.65 bits per heavy atom. The summed E-state index contributed by atoms with van der Waals surface area (Å²) in [7, 11) is 0. The zero-order chi connectivity index (χ0) is 22.4. The fourth-order valence-corrected chi connectivity index (χ4v) is 3.58. The molecule has 0 saturated heterocycles. The standard InChI is InChI=1S/C25H27FN2O3/c1-4-28(5-2)20-9-10-21-17(3)22(25(30)31-23(21)16-20)11-12-24(29)27-14-13-18-7-6-8-19(26)15-18/h6-12,15-16H,4-5,13-14H2,1-3H3,(H,27,29)/b12-11+. The predicted octanol–water partition coefficient (Wildman–Crippen LogP) is 4.46. The Bertz CT molecular complexity index is 1160. The van der Waals surface area contributed by atoms with Crippen LogP contribution in [0.4, 0.5) is 10.1 Å². The minimum atomic E-state index is -0.481. The number of nitrogens with zero attached hydrogens (tertiary/aromatic N) is 1. The van der Waals surface area contributed by atoms with Gasteiger partial charge in [0.25, 0.3) is 0 Å². The number of nitrogens with one attached hydrogen (secondary N) is 1. The molecule has 1 heterocycles. The van der Waals surface area contributed by atoms with Gasteiger partial charge in [-0.05, 0) is 68.7 Å². The highest BCUT2D eigenvalue weighted by Crippen LogP contribution is 2.25. The molecule has 162 valence electrons. The van der Waals surface area contributed by atoms with E-state index in [-0.39, 0.29) is 11.7 Å². The zero-order valence-electron chi connectivity index (χ0n) is 18.1. The Balaban J connectivity index is 1.73. The maximum Gasteiger partial charge on any atom is 0.343 e. The topological polar surface area (TPSA) is 62.6 Å². The van der Waals surface area contributed by atoms with Crippen LogP contribution in [-0.4, -0.2) is 25.5 Å². The van der Waals surface area contributed by atoms with Crippen molar-refractivity contribution in [3.05, 3.63) is 81.5 Å². The van der Waals surface area contributed by atoms with E-state index in [1.165, 1.54) is 24.3 Å². The van der Waals surface area contributed by atoms with E-state index in [0.29, 0.717) is 24.1 Å². The van der Waals surface area contributed by atoms with Crippen LogP contribution in [0.3, 0.4) is 0 Å². The van der Waals surface area contributed by atoms with E-state index >= 15 is 0 Å². The van der Waals surface area contributed by atoms with Gasteiger partial charge in [0.15, 0.2) is 0 Å². The number of anilines is 1. The molecule has 0 aliphatic heterocycles. The lowest BCUT2D eigenvalue weighted by atomic mass is 10.0. The van der Waals surface area contributed by atoms with Gasteiger partial charge in [-0.25, -0.2) is 9.18 Å². The molecule has 1 aromatic heterocycles. The lowest BCUT2D eigenvalue weighted by Gasteiger charge is -2.21. The van der Waals surface area contributed by atoms with Crippen molar-refractivity contribution in [1.82, 2.24) is 5.32 Å². The van der Waals surface area contributed by atoms with Gasteiger partial charge in [0, 0.05) is 42.9 Å². The molecule has 1 amide bonds. The van der Waals surface area contributed by atoms with Crippen LogP contribution < -0.4 is 15.8 Å². The predicted molar refractivity (Wildman–Crippen MR) is 123 cm³/mol. The first-order valence-corrected chi connectivity index (χ1v) is 10.5. The molecule has 3 rings (SSSR count). The second-order valence-electron chi connectivity index (χ2n) is 7.29. The Morgan fingerprint density at radius 2 is 1.94 bits per heavy atom. The van der Waals surface area contributed by atoms with Crippen molar-refractivity contribution >= 4 is 28.6 Å². The molecule has 3 aromatic rings. The van der Waals surface area contributed by atoms with E-state index < -0.39 is 5.63 Å². The van der Waals surface area contributed by atoms with Crippen molar-refractivity contribution in [2.45, 2.75) is 27.2 Å². The minimum absolute atomic E-state index is 0.300. The molecule has 0 aliphatic carbocycles. The Hall–Kier alpha value is -3.41. The summed E-state index contributed by atoms with van der Waals surface area (Å²) in [5.74, 6) is -0.626. The summed E-state index contributed by atoms with van der Waals surface area (Å²) in [5.41, 5.74) is 2.97. The second kappa shape index (κ2) is 10.1. The number of hydrogen-bond donors (Lipinski definition) is 1. The van der Waals surface area contributed by atoms with Gasteiger partial charge in [-0.3, -0.25) is 4.79 Å². The molecule has 0 fully saturated rings. The van der Waals surface area contributed by atoms with E-state index in [9.17, 15) is 14.0 Å². The van der Waals surface area contributed by atoms with Crippen molar-refractivity contribution < 1.29 is 13.6 Å². The number of carbonyl (C=O) groups is 1. The van der Waals surface area contributed by atoms with E-state index in [0.717, 1.165) is 35.3 Å². The lowest BCUT2D eigenvalue weighted by Crippen LogP contribution is -2.23. The molecule has 1 N–H and O–H groups in total. The van der Waals surface area contributed by atoms with Gasteiger partial charge in [-0.2, -0.15) is 0 Å². The van der Waals surface area contributed by atoms with E-state index in [1.807, 2.05) is 25.1 Å². The van der Waals surface area contributed by atoms with Crippen LogP contribution in [0.1, 0.15) is 30.5 Å². The van der Waals surface area contributed by atoms with Crippen molar-refractivity contribution in [1.29, 1.82) is 0 Å². The van der Waals surface area contributed by atoms with Gasteiger partial charge in [0.1, 0.15) is 11.4 Å². The molecule has 2 aromatic carbocycles. The molecule has 6 heteroatoms. The number of rotatable bonds is 8. The summed E-state index contributed by atoms with van der Waals surface area (Å²) in [6, 6.07) is 12.1. The average molecular weight is 423 g/mol. The van der Waals surface area contributed by atoms with Crippen LogP contribution in [-0.2, 0) is 11.2 Å². The van der Waals surface area contributed by atoms with E-state index in [2.05, 4.69) is 24.1 Å². The quantitative estimate of drug-likeness (QED) is 0.430. The highest BCUT2D eigenvalue weighted by Gasteiger charge is 2.11. The van der Waals surface area contributed by atoms with Gasteiger partial charge >= 0.3 is 5.63 Å². The van der Waals surface area contributed by atoms with Gasteiger partial charge in [-0.1, -0.05) is 12.1 Å². The third-order valence-electron chi connectivity index (χ3n) is 5.33. The van der Waals surface area contributed by atoms with Gasteiger partial charge in [0.05, 0.1) is 5.56 Å². The second-order valence-corrected chi connectivity index (χ2v) is 7.29. The average Bonchev–Trinajstić information content (AvgIpc) is 2.74. The van der Waals surface area contributed by atoms with Crippen molar-refractivity contribution in [2.75, 3.05) is 24.5 Å². The van der Waals surface area contributed by atoms with Crippen LogP contribution in [0.15, 0.2) is 57.8 Å². The summed E-state index contributed by atoms with van der Waals surface area (Å²) in [4.78, 5) is 26.8. The first-order chi connectivity index (χ1) is 14.9. The van der Waals surface area contributed by atoms with Crippen LogP contribution in [0.2, 0.25) is 0 Å². The molecule has 0 radical (unpaired) electrons. The molecular formula is C25H27FN2O3. The summed E-state index contributed by atoms with van der Waals surface area (Å²) in [6.07, 6.45) is 3.32. The Morgan fingerprint density at radius 1 is 1.16 bits per heavy atom. The molecule has 0 saturated carbocycles. The smallest absolute Gasteiger partial charge is 0.343 e. The molecule has 31 heavy (non-hydrogen) atoms. The van der Waals surface area contributed by atoms with Crippen LogP contribution in [0.5, 0.6) is 0 Å². The number of aryl methyl sites for hydroxylation is 1. The maximum absolute atomic E-state index is 13.2. The van der Waals surface area contributed by atoms with Crippen molar-refractivity contribution in [2.24, 2.45) is 0 Å². The van der Waals surface area contributed by atoms with Gasteiger partial charge in [-0.15, -0.1) is 0 Å². The third-order valence-corrected chi connectivity index (χ3v) is 5.33. The summed E-state index contributed by atoms with van der Waals surface area (Å²) < 4.78 is 18.7. The normalized spacial score (nSPS) is 11.2. The van der Waals surface area contributed by atoms with E-state index in [4.69, 9.17) is 4.42 Å². The van der Waals surface area contributed by atoms with Gasteiger partial charge < -0.3 is 14.6 Å². The summed E-state index contributed by atoms with van der Waals surface area (Å²) >= 11 is 0. The number of hydrogen-bond acceptors (Lipinski definition) is 4. The highest BCUT2D eigenvalue weighted by molar-refractivity contribution is 5.93. The minimum Gasteiger partial charge on any atom is -0.422 e. The molecule has 0 aliphatic rings. The zero-order valence-corrected chi connectivity index (χ0v) is 18.1. The molecule has 0 unspecified atom stereocenters. The maximum atomic E-state index is 13.2. The molecular weight excluding hydrogens is 395 g/mol. The SMILES string of the molecule is CCN(CC)c1ccc2c(C)c(/C=C/C(=O)NCCc3cccc(F)c3)c(=O)oc2c1. The number of fused-ring (bicyclic) bond motifs is 1. The Labute approximate surface area is 181 Å². The first-order valence-electron chi connectivity index (χ1n) is 10.5. The fraction of sp³-hybridized carbons (Fsp3) is 0.280. The van der Waals surface area contributed by atoms with Gasteiger partial charge in [0.2, 0.25) is 5.91 Å². The first kappa shape index (κ1) is 22.3. The van der Waals surface area contributed by atoms with Crippen LogP contribution in [0.25, 0.3) is 17.0 Å². The highest BCUT2D eigenvalue weighted by atomic mass is 19.1. The largest absolute Gasteiger partial charge is 0.422 e. The molecule has 5 nitrogen and oxygen atoms in total. The van der Waals surface area contributed by atoms with Crippen molar-refractivity contribution in [3.63, 3.8) is 0 Å². The molecule has 0 spiro atoms. The number of benzene rings is 2.